The van der Waals surface area contributed by atoms with Crippen LogP contribution in [-0.4, -0.2) is 54.6 Å². The van der Waals surface area contributed by atoms with E-state index in [1.54, 1.807) is 0 Å². The molecule has 0 saturated heterocycles. The van der Waals surface area contributed by atoms with Gasteiger partial charge in [-0.05, 0) is 12.8 Å². The van der Waals surface area contributed by atoms with Crippen molar-refractivity contribution in [1.82, 2.24) is 0 Å². The van der Waals surface area contributed by atoms with Gasteiger partial charge in [-0.1, -0.05) is 51.9 Å². The van der Waals surface area contributed by atoms with Crippen LogP contribution in [0.3, 0.4) is 0 Å². The number of aliphatic hydroxyl groups is 2. The number of quaternary nitrogens is 1. The highest BCUT2D eigenvalue weighted by molar-refractivity contribution is 4.48. The van der Waals surface area contributed by atoms with E-state index in [9.17, 15) is 0 Å². The van der Waals surface area contributed by atoms with Crippen LogP contribution in [0, 0.1) is 0 Å². The highest BCUT2D eigenvalue weighted by Crippen LogP contribution is 2.11. The molecule has 19 heavy (non-hydrogen) atoms. The largest absolute Gasteiger partial charge is 0.391 e. The first-order valence-electron chi connectivity index (χ1n) is 8.24. The highest BCUT2D eigenvalue weighted by Gasteiger charge is 2.19. The molecule has 2 N–H and O–H groups in total. The molecule has 0 spiro atoms. The molecule has 0 amide bonds. The van der Waals surface area contributed by atoms with Gasteiger partial charge in [0.2, 0.25) is 0 Å². The van der Waals surface area contributed by atoms with E-state index in [0.29, 0.717) is 0 Å². The van der Waals surface area contributed by atoms with E-state index < -0.39 is 0 Å². The molecule has 0 bridgehead atoms. The van der Waals surface area contributed by atoms with E-state index in [-0.39, 0.29) is 13.2 Å². The smallest absolute Gasteiger partial charge is 0.102 e. The van der Waals surface area contributed by atoms with Crippen LogP contribution in [0.5, 0.6) is 0 Å². The van der Waals surface area contributed by atoms with Crippen molar-refractivity contribution in [3.63, 3.8) is 0 Å². The fourth-order valence-corrected chi connectivity index (χ4v) is 2.62. The molecule has 3 heteroatoms. The second-order valence-corrected chi connectivity index (χ2v) is 6.07. The van der Waals surface area contributed by atoms with Crippen molar-refractivity contribution < 1.29 is 14.7 Å². The summed E-state index contributed by atoms with van der Waals surface area (Å²) in [5, 5.41) is 18.1. The maximum atomic E-state index is 9.07. The lowest BCUT2D eigenvalue weighted by Gasteiger charge is -2.33. The fourth-order valence-electron chi connectivity index (χ4n) is 2.62. The number of rotatable bonds is 14. The van der Waals surface area contributed by atoms with Crippen molar-refractivity contribution in [3.05, 3.63) is 0 Å². The van der Waals surface area contributed by atoms with Gasteiger partial charge in [0, 0.05) is 0 Å². The summed E-state index contributed by atoms with van der Waals surface area (Å²) in [6.07, 6.45) is 12.1. The first kappa shape index (κ1) is 18.9. The van der Waals surface area contributed by atoms with E-state index in [2.05, 4.69) is 14.0 Å². The monoisotopic (exact) mass is 274 g/mol. The molecule has 116 valence electrons. The van der Waals surface area contributed by atoms with Gasteiger partial charge in [0.15, 0.2) is 0 Å². The molecule has 0 heterocycles. The summed E-state index contributed by atoms with van der Waals surface area (Å²) in [6.45, 7) is 5.29. The van der Waals surface area contributed by atoms with Crippen LogP contribution in [0.2, 0.25) is 0 Å². The van der Waals surface area contributed by atoms with Crippen LogP contribution in [0.15, 0.2) is 0 Å². The Morgan fingerprint density at radius 1 is 0.632 bits per heavy atom. The molecule has 0 atom stereocenters. The molecule has 0 aromatic rings. The van der Waals surface area contributed by atoms with Crippen LogP contribution >= 0.6 is 0 Å². The van der Waals surface area contributed by atoms with E-state index >= 15 is 0 Å². The maximum absolute atomic E-state index is 9.07. The zero-order valence-corrected chi connectivity index (χ0v) is 13.2. The van der Waals surface area contributed by atoms with E-state index in [1.165, 1.54) is 57.8 Å². The Morgan fingerprint density at radius 3 is 1.47 bits per heavy atom. The van der Waals surface area contributed by atoms with Gasteiger partial charge < -0.3 is 14.7 Å². The van der Waals surface area contributed by atoms with Crippen LogP contribution in [0.4, 0.5) is 0 Å². The van der Waals surface area contributed by atoms with E-state index in [1.807, 2.05) is 0 Å². The predicted molar refractivity (Wildman–Crippen MR) is 82.2 cm³/mol. The summed E-state index contributed by atoms with van der Waals surface area (Å²) in [5.41, 5.74) is 0. The average Bonchev–Trinajstić information content (AvgIpc) is 2.37. The molecule has 0 fully saturated rings. The lowest BCUT2D eigenvalue weighted by molar-refractivity contribution is -0.910. The summed E-state index contributed by atoms with van der Waals surface area (Å²) in [6, 6.07) is 0. The van der Waals surface area contributed by atoms with Gasteiger partial charge in [-0.2, -0.15) is 0 Å². The van der Waals surface area contributed by atoms with Gasteiger partial charge in [0.1, 0.15) is 13.1 Å². The zero-order valence-electron chi connectivity index (χ0n) is 13.2. The second kappa shape index (κ2) is 12.9. The number of likely N-dealkylation sites (N-methyl/N-ethyl adjacent to an activating group) is 1. The van der Waals surface area contributed by atoms with Crippen LogP contribution < -0.4 is 0 Å². The summed E-state index contributed by atoms with van der Waals surface area (Å²) >= 11 is 0. The molecule has 0 aromatic heterocycles. The first-order chi connectivity index (χ1) is 9.18. The molecule has 0 radical (unpaired) electrons. The number of hydrogen-bond donors (Lipinski definition) is 2. The SMILES string of the molecule is CCCCCCCCCCC[N+](C)(CCO)CCO. The van der Waals surface area contributed by atoms with Crippen LogP contribution in [0.1, 0.15) is 64.7 Å². The molecule has 0 rings (SSSR count). The van der Waals surface area contributed by atoms with Gasteiger partial charge in [0.25, 0.3) is 0 Å². The highest BCUT2D eigenvalue weighted by atomic mass is 16.3. The Kier molecular flexibility index (Phi) is 12.8. The average molecular weight is 274 g/mol. The summed E-state index contributed by atoms with van der Waals surface area (Å²) in [5.74, 6) is 0. The summed E-state index contributed by atoms with van der Waals surface area (Å²) in [7, 11) is 2.14. The first-order valence-corrected chi connectivity index (χ1v) is 8.24. The van der Waals surface area contributed by atoms with Crippen molar-refractivity contribution in [2.45, 2.75) is 64.7 Å². The third kappa shape index (κ3) is 11.4. The minimum atomic E-state index is 0.216. The van der Waals surface area contributed by atoms with Gasteiger partial charge in [-0.3, -0.25) is 0 Å². The van der Waals surface area contributed by atoms with Crippen LogP contribution in [0.25, 0.3) is 0 Å². The molecular weight excluding hydrogens is 238 g/mol. The zero-order chi connectivity index (χ0) is 14.4. The summed E-state index contributed by atoms with van der Waals surface area (Å²) < 4.78 is 0.809. The number of nitrogens with zero attached hydrogens (tertiary/aromatic N) is 1. The van der Waals surface area contributed by atoms with Crippen molar-refractivity contribution in [1.29, 1.82) is 0 Å². The van der Waals surface area contributed by atoms with Crippen molar-refractivity contribution in [3.8, 4) is 0 Å². The molecule has 0 unspecified atom stereocenters. The summed E-state index contributed by atoms with van der Waals surface area (Å²) in [4.78, 5) is 0. The molecule has 0 aliphatic heterocycles. The van der Waals surface area contributed by atoms with Crippen LogP contribution in [-0.2, 0) is 0 Å². The Bertz CT molecular complexity index is 180. The Morgan fingerprint density at radius 2 is 1.05 bits per heavy atom. The Hall–Kier alpha value is -0.120. The van der Waals surface area contributed by atoms with Gasteiger partial charge >= 0.3 is 0 Å². The topological polar surface area (TPSA) is 40.5 Å². The predicted octanol–water partition coefficient (Wildman–Crippen LogP) is 2.95. The number of aliphatic hydroxyl groups excluding tert-OH is 2. The molecular formula is C16H36NO2+. The Labute approximate surface area is 120 Å². The van der Waals surface area contributed by atoms with E-state index in [0.717, 1.165) is 24.1 Å². The lowest BCUT2D eigenvalue weighted by atomic mass is 10.1. The van der Waals surface area contributed by atoms with E-state index in [4.69, 9.17) is 10.2 Å². The maximum Gasteiger partial charge on any atom is 0.102 e. The third-order valence-corrected chi connectivity index (χ3v) is 4.08. The minimum Gasteiger partial charge on any atom is -0.391 e. The van der Waals surface area contributed by atoms with Gasteiger partial charge in [0.05, 0.1) is 26.8 Å². The molecule has 3 nitrogen and oxygen atoms in total. The quantitative estimate of drug-likeness (QED) is 0.378. The Balaban J connectivity index is 3.44. The number of unbranched alkanes of at least 4 members (excludes halogenated alkanes) is 8. The standard InChI is InChI=1S/C16H36NO2/c1-3-4-5-6-7-8-9-10-11-12-17(2,13-15-18)14-16-19/h18-19H,3-16H2,1-2H3/q+1. The number of hydrogen-bond acceptors (Lipinski definition) is 2. The molecule has 0 saturated carbocycles. The molecule has 0 aromatic carbocycles. The lowest BCUT2D eigenvalue weighted by Crippen LogP contribution is -2.48. The third-order valence-electron chi connectivity index (χ3n) is 4.08. The van der Waals surface area contributed by atoms with Crippen molar-refractivity contribution in [2.75, 3.05) is 39.9 Å². The minimum absolute atomic E-state index is 0.216. The van der Waals surface area contributed by atoms with Crippen molar-refractivity contribution in [2.24, 2.45) is 0 Å². The molecule has 0 aliphatic carbocycles. The fraction of sp³-hybridized carbons (Fsp3) is 1.00. The van der Waals surface area contributed by atoms with Gasteiger partial charge in [-0.25, -0.2) is 0 Å². The van der Waals surface area contributed by atoms with Crippen molar-refractivity contribution >= 4 is 0 Å². The molecule has 0 aliphatic rings. The van der Waals surface area contributed by atoms with Gasteiger partial charge in [-0.15, -0.1) is 0 Å². The second-order valence-electron chi connectivity index (χ2n) is 6.07. The normalized spacial score (nSPS) is 12.0.